The number of hydrogen-bond acceptors (Lipinski definition) is 12. The highest BCUT2D eigenvalue weighted by Crippen LogP contribution is 2.46. The standard InChI is InChI=1S/C55H57N9O7S/c1-31-37(38-15-17-47(58-51(38)54(69)70)64-24-21-33-7-5-9-39(42(33)28-64)52(67)60-55-57-43-10-3-4-12-46(43)72-55)8-6-11-45(31)71-30-35-26-34(35)25-32-19-22-63(23-20-32)29-49(66)56-36-13-14-40-44(27-36)62(2)61-50(40)41-16-18-48(65)59-53(41)68/h3-15,17,27,32,34-35,41,48,65H,16,18-26,28-30H2,1-2H3,(H,56,66)(H,59,68)(H,69,70)(H,57,60,67). The number of aryl methyl sites for hydroxylation is 1. The van der Waals surface area contributed by atoms with Crippen LogP contribution < -0.4 is 25.6 Å². The molecule has 3 fully saturated rings. The number of nitrogens with one attached hydrogen (secondary N) is 3. The zero-order valence-corrected chi connectivity index (χ0v) is 41.1. The Bertz CT molecular complexity index is 3220. The van der Waals surface area contributed by atoms with Crippen molar-refractivity contribution >= 4 is 72.8 Å². The van der Waals surface area contributed by atoms with E-state index < -0.39 is 18.1 Å². The van der Waals surface area contributed by atoms with E-state index >= 15 is 0 Å². The Balaban J connectivity index is 0.663. The fourth-order valence-electron chi connectivity index (χ4n) is 11.0. The van der Waals surface area contributed by atoms with Crippen LogP contribution in [0.5, 0.6) is 5.75 Å². The molecular weight excluding hydrogens is 931 g/mol. The molecule has 370 valence electrons. The van der Waals surface area contributed by atoms with Crippen LogP contribution in [-0.4, -0.2) is 97.6 Å². The van der Waals surface area contributed by atoms with Crippen molar-refractivity contribution in [1.82, 2.24) is 30.0 Å². The van der Waals surface area contributed by atoms with Crippen molar-refractivity contribution in [2.75, 3.05) is 48.3 Å². The Morgan fingerprint density at radius 3 is 2.54 bits per heavy atom. The van der Waals surface area contributed by atoms with Crippen LogP contribution in [0, 0.1) is 24.7 Å². The maximum atomic E-state index is 13.6. The van der Waals surface area contributed by atoms with Crippen LogP contribution in [0.1, 0.15) is 87.7 Å². The molecule has 4 unspecified atom stereocenters. The van der Waals surface area contributed by atoms with Gasteiger partial charge in [0, 0.05) is 42.3 Å². The van der Waals surface area contributed by atoms with E-state index in [1.54, 1.807) is 4.68 Å². The number of likely N-dealkylation sites (tertiary alicyclic amines) is 1. The van der Waals surface area contributed by atoms with Crippen molar-refractivity contribution in [2.24, 2.45) is 24.8 Å². The summed E-state index contributed by atoms with van der Waals surface area (Å²) in [5.74, 6) is 0.845. The summed E-state index contributed by atoms with van der Waals surface area (Å²) in [4.78, 5) is 65.9. The van der Waals surface area contributed by atoms with E-state index in [9.17, 15) is 29.4 Å². The average molecular weight is 988 g/mol. The van der Waals surface area contributed by atoms with Gasteiger partial charge < -0.3 is 30.5 Å². The maximum Gasteiger partial charge on any atom is 0.355 e. The molecule has 1 saturated carbocycles. The van der Waals surface area contributed by atoms with Gasteiger partial charge in [0.2, 0.25) is 11.8 Å². The van der Waals surface area contributed by atoms with Crippen molar-refractivity contribution in [3.05, 3.63) is 125 Å². The summed E-state index contributed by atoms with van der Waals surface area (Å²) in [5.41, 5.74) is 7.64. The van der Waals surface area contributed by atoms with E-state index in [0.29, 0.717) is 96.7 Å². The minimum atomic E-state index is -1.12. The van der Waals surface area contributed by atoms with Crippen molar-refractivity contribution < 1.29 is 34.1 Å². The number of para-hydroxylation sites is 1. The third kappa shape index (κ3) is 9.75. The van der Waals surface area contributed by atoms with Gasteiger partial charge in [-0.1, -0.05) is 47.7 Å². The second-order valence-electron chi connectivity index (χ2n) is 19.8. The summed E-state index contributed by atoms with van der Waals surface area (Å²) in [6.45, 7) is 5.65. The Labute approximate surface area is 420 Å². The summed E-state index contributed by atoms with van der Waals surface area (Å²) in [6, 6.07) is 28.7. The predicted octanol–water partition coefficient (Wildman–Crippen LogP) is 8.13. The third-order valence-electron chi connectivity index (χ3n) is 15.1. The van der Waals surface area contributed by atoms with E-state index in [1.807, 2.05) is 110 Å². The topological polar surface area (TPSA) is 204 Å². The monoisotopic (exact) mass is 987 g/mol. The lowest BCUT2D eigenvalue weighted by Crippen LogP contribution is -2.42. The molecule has 0 spiro atoms. The number of carboxylic acids is 1. The second-order valence-corrected chi connectivity index (χ2v) is 20.9. The number of fused-ring (bicyclic) bond motifs is 3. The molecule has 16 nitrogen and oxygen atoms in total. The van der Waals surface area contributed by atoms with Crippen LogP contribution in [0.3, 0.4) is 0 Å². The van der Waals surface area contributed by atoms with Gasteiger partial charge in [0.15, 0.2) is 10.8 Å². The molecule has 1 aliphatic carbocycles. The van der Waals surface area contributed by atoms with Gasteiger partial charge >= 0.3 is 5.97 Å². The number of pyridine rings is 1. The number of amides is 3. The summed E-state index contributed by atoms with van der Waals surface area (Å²) in [6.07, 6.45) is 5.20. The van der Waals surface area contributed by atoms with Gasteiger partial charge in [0.25, 0.3) is 5.91 Å². The average Bonchev–Trinajstić information content (AvgIpc) is 3.85. The highest BCUT2D eigenvalue weighted by molar-refractivity contribution is 7.22. The molecule has 2 saturated heterocycles. The van der Waals surface area contributed by atoms with Crippen LogP contribution in [0.25, 0.3) is 32.2 Å². The highest BCUT2D eigenvalue weighted by atomic mass is 32.1. The Morgan fingerprint density at radius 1 is 0.889 bits per heavy atom. The first-order chi connectivity index (χ1) is 34.9. The van der Waals surface area contributed by atoms with Gasteiger partial charge in [-0.2, -0.15) is 5.10 Å². The molecule has 0 bridgehead atoms. The minimum absolute atomic E-state index is 0.0394. The molecule has 3 aliphatic heterocycles. The SMILES string of the molecule is Cc1c(OCC2CC2CC2CCN(CC(=O)Nc3ccc4c(C5CCC(O)NC5=O)nn(C)c4c3)CC2)cccc1-c1ccc(N2CCc3cccc(C(=O)Nc4nc5ccccc5s4)c3C2)nc1C(=O)O. The molecule has 72 heavy (non-hydrogen) atoms. The normalized spacial score (nSPS) is 20.3. The number of rotatable bonds is 14. The number of aliphatic hydroxyl groups is 1. The van der Waals surface area contributed by atoms with E-state index in [1.165, 1.54) is 11.3 Å². The summed E-state index contributed by atoms with van der Waals surface area (Å²) < 4.78 is 9.19. The summed E-state index contributed by atoms with van der Waals surface area (Å²) in [5, 5.41) is 35.0. The van der Waals surface area contributed by atoms with Gasteiger partial charge in [0.05, 0.1) is 40.5 Å². The molecule has 17 heteroatoms. The number of hydrogen-bond donors (Lipinski definition) is 5. The molecule has 3 amide bonds. The van der Waals surface area contributed by atoms with Gasteiger partial charge in [-0.05, 0) is 160 Å². The van der Waals surface area contributed by atoms with Gasteiger partial charge in [-0.3, -0.25) is 29.3 Å². The molecular formula is C55H57N9O7S. The zero-order valence-electron chi connectivity index (χ0n) is 40.3. The second kappa shape index (κ2) is 19.8. The smallest absolute Gasteiger partial charge is 0.355 e. The third-order valence-corrected chi connectivity index (χ3v) is 16.0. The molecule has 3 aromatic heterocycles. The Morgan fingerprint density at radius 2 is 1.72 bits per heavy atom. The van der Waals surface area contributed by atoms with Crippen molar-refractivity contribution in [3.8, 4) is 16.9 Å². The Kier molecular flexibility index (Phi) is 12.9. The van der Waals surface area contributed by atoms with E-state index in [2.05, 4.69) is 30.9 Å². The minimum Gasteiger partial charge on any atom is -0.493 e. The number of aromatic carboxylic acids is 1. The van der Waals surface area contributed by atoms with Crippen LogP contribution in [0.2, 0.25) is 0 Å². The number of carbonyl (C=O) groups excluding carboxylic acids is 3. The number of thiazole rings is 1. The van der Waals surface area contributed by atoms with Gasteiger partial charge in [0.1, 0.15) is 17.8 Å². The van der Waals surface area contributed by atoms with Crippen molar-refractivity contribution in [2.45, 2.75) is 70.6 Å². The van der Waals surface area contributed by atoms with Crippen LogP contribution in [0.15, 0.2) is 91.0 Å². The quantitative estimate of drug-likeness (QED) is 0.0701. The molecule has 5 N–H and O–H groups in total. The largest absolute Gasteiger partial charge is 0.493 e. The van der Waals surface area contributed by atoms with E-state index in [0.717, 1.165) is 87.9 Å². The first kappa shape index (κ1) is 47.1. The van der Waals surface area contributed by atoms with E-state index in [-0.39, 0.29) is 23.4 Å². The number of ether oxygens (including phenoxy) is 1. The molecule has 4 aromatic carbocycles. The number of anilines is 3. The predicted molar refractivity (Wildman–Crippen MR) is 276 cm³/mol. The number of carboxylic acid groups (broad SMARTS) is 1. The molecule has 6 heterocycles. The Hall–Kier alpha value is -7.21. The molecule has 4 aliphatic rings. The van der Waals surface area contributed by atoms with Gasteiger partial charge in [-0.25, -0.2) is 14.8 Å². The summed E-state index contributed by atoms with van der Waals surface area (Å²) >= 11 is 1.43. The number of aromatic nitrogens is 4. The number of carbonyl (C=O) groups is 4. The molecule has 0 radical (unpaired) electrons. The molecule has 7 aromatic rings. The van der Waals surface area contributed by atoms with Crippen molar-refractivity contribution in [1.29, 1.82) is 0 Å². The zero-order chi connectivity index (χ0) is 49.6. The highest BCUT2D eigenvalue weighted by Gasteiger charge is 2.40. The number of aliphatic hydroxyl groups excluding tert-OH is 1. The molecule has 11 rings (SSSR count). The van der Waals surface area contributed by atoms with Crippen molar-refractivity contribution in [3.63, 3.8) is 0 Å². The first-order valence-electron chi connectivity index (χ1n) is 24.9. The fraction of sp³-hybridized carbons (Fsp3) is 0.364. The van der Waals surface area contributed by atoms with Crippen LogP contribution in [-0.2, 0) is 29.6 Å². The lowest BCUT2D eigenvalue weighted by atomic mass is 9.91. The lowest BCUT2D eigenvalue weighted by Gasteiger charge is -2.31. The van der Waals surface area contributed by atoms with E-state index in [4.69, 9.17) is 9.72 Å². The fourth-order valence-corrected chi connectivity index (χ4v) is 11.9. The summed E-state index contributed by atoms with van der Waals surface area (Å²) in [7, 11) is 1.83. The van der Waals surface area contributed by atoms with Crippen LogP contribution >= 0.6 is 11.3 Å². The maximum absolute atomic E-state index is 13.6. The molecule has 4 atom stereocenters. The van der Waals surface area contributed by atoms with Crippen LogP contribution in [0.4, 0.5) is 16.6 Å². The lowest BCUT2D eigenvalue weighted by molar-refractivity contribution is -0.128. The first-order valence-corrected chi connectivity index (χ1v) is 25.7. The van der Waals surface area contributed by atoms with Gasteiger partial charge in [-0.15, -0.1) is 0 Å². The number of nitrogens with zero attached hydrogens (tertiary/aromatic N) is 6. The number of benzene rings is 4. The number of piperidine rings is 2.